The predicted octanol–water partition coefficient (Wildman–Crippen LogP) is 0.0419. The Labute approximate surface area is 220 Å². The Kier molecular flexibility index (Phi) is 15.1. The maximum absolute atomic E-state index is 11.7. The summed E-state index contributed by atoms with van der Waals surface area (Å²) in [6.45, 7) is 6.76. The third kappa shape index (κ3) is 15.3. The van der Waals surface area contributed by atoms with Gasteiger partial charge in [-0.25, -0.2) is 4.99 Å². The van der Waals surface area contributed by atoms with Gasteiger partial charge < -0.3 is 5.32 Å². The highest BCUT2D eigenvalue weighted by Gasteiger charge is 2.29. The van der Waals surface area contributed by atoms with E-state index in [1.807, 2.05) is 6.92 Å². The van der Waals surface area contributed by atoms with Gasteiger partial charge in [-0.2, -0.15) is 0 Å². The molecule has 0 saturated carbocycles. The van der Waals surface area contributed by atoms with Gasteiger partial charge in [0.25, 0.3) is 5.91 Å². The van der Waals surface area contributed by atoms with Crippen LogP contribution in [0, 0.1) is 142 Å². The van der Waals surface area contributed by atoms with Crippen molar-refractivity contribution in [3.63, 3.8) is 0 Å². The molecule has 0 aromatic rings. The molecule has 1 aliphatic rings. The molecule has 4 nitrogen and oxygen atoms in total. The maximum atomic E-state index is 11.7. The number of amides is 1. The Hall–Kier alpha value is -6.18. The Morgan fingerprint density at radius 2 is 1.08 bits per heavy atom. The van der Waals surface area contributed by atoms with Crippen LogP contribution in [0.15, 0.2) is 4.99 Å². The summed E-state index contributed by atoms with van der Waals surface area (Å²) in [5, 5.41) is 2.75. The van der Waals surface area contributed by atoms with Gasteiger partial charge in [-0.3, -0.25) is 9.28 Å². The zero-order chi connectivity index (χ0) is 26.9. The minimum absolute atomic E-state index is 0.380. The normalized spacial score (nSPS) is 12.1. The van der Waals surface area contributed by atoms with Crippen molar-refractivity contribution in [2.24, 2.45) is 4.99 Å². The summed E-state index contributed by atoms with van der Waals surface area (Å²) >= 11 is 0. The molecule has 4 heteroatoms. The lowest BCUT2D eigenvalue weighted by molar-refractivity contribution is -0.813. The standard InChI is InChI=1S/C33H17N3O/c1-4-5-6-7-8-9-10-11-12-13-14-15-16-17-18-19-20-21-22-23-24-25-26-27-33(37)35-29-31-36(3)30-28-34-32(36)2/h28-31H2,1-3H3/p+1. The van der Waals surface area contributed by atoms with E-state index in [0.717, 1.165) is 30.0 Å². The molecule has 0 saturated heterocycles. The lowest BCUT2D eigenvalue weighted by atomic mass is 10.4. The van der Waals surface area contributed by atoms with E-state index in [0.29, 0.717) is 6.54 Å². The van der Waals surface area contributed by atoms with Crippen LogP contribution in [0.2, 0.25) is 0 Å². The predicted molar refractivity (Wildman–Crippen MR) is 146 cm³/mol. The lowest BCUT2D eigenvalue weighted by Gasteiger charge is -2.28. The number of hydrogen-bond donors (Lipinski definition) is 1. The van der Waals surface area contributed by atoms with Gasteiger partial charge in [0.15, 0.2) is 5.84 Å². The van der Waals surface area contributed by atoms with E-state index in [1.165, 1.54) is 0 Å². The molecular weight excluding hydrogens is 454 g/mol. The SMILES string of the molecule is CC#CC#CC#CC#CC#CC#CC#CC#CC#CC#CC#CC#CC(=O)NCC[N+]1(C)CCN=C1C. The molecule has 0 spiro atoms. The fourth-order valence-electron chi connectivity index (χ4n) is 2.27. The Morgan fingerprint density at radius 1 is 0.703 bits per heavy atom. The van der Waals surface area contributed by atoms with Crippen molar-refractivity contribution in [1.82, 2.24) is 5.32 Å². The van der Waals surface area contributed by atoms with Crippen molar-refractivity contribution in [2.75, 3.05) is 33.2 Å². The van der Waals surface area contributed by atoms with Crippen molar-refractivity contribution in [2.45, 2.75) is 13.8 Å². The third-order valence-corrected chi connectivity index (χ3v) is 4.22. The lowest BCUT2D eigenvalue weighted by Crippen LogP contribution is -2.50. The summed E-state index contributed by atoms with van der Waals surface area (Å²) in [5.41, 5.74) is 0. The number of carbonyl (C=O) groups is 1. The van der Waals surface area contributed by atoms with E-state index < -0.39 is 0 Å². The van der Waals surface area contributed by atoms with Crippen LogP contribution >= 0.6 is 0 Å². The molecule has 0 bridgehead atoms. The highest BCUT2D eigenvalue weighted by Crippen LogP contribution is 2.10. The third-order valence-electron chi connectivity index (χ3n) is 4.22. The summed E-state index contributed by atoms with van der Waals surface area (Å²) in [6, 6.07) is 0. The molecule has 1 atom stereocenters. The Balaban J connectivity index is 2.35. The summed E-state index contributed by atoms with van der Waals surface area (Å²) in [7, 11) is 2.10. The number of likely N-dealkylation sites (N-methyl/N-ethyl adjacent to an activating group) is 1. The minimum atomic E-state index is -0.380. The fourth-order valence-corrected chi connectivity index (χ4v) is 2.27. The molecule has 0 aromatic heterocycles. The van der Waals surface area contributed by atoms with E-state index >= 15 is 0 Å². The first-order valence-corrected chi connectivity index (χ1v) is 10.7. The monoisotopic (exact) mass is 472 g/mol. The molecule has 1 rings (SSSR count). The second-order valence-electron chi connectivity index (χ2n) is 6.65. The first-order valence-electron chi connectivity index (χ1n) is 10.7. The zero-order valence-electron chi connectivity index (χ0n) is 20.6. The quantitative estimate of drug-likeness (QED) is 0.458. The largest absolute Gasteiger partial charge is 0.340 e. The number of rotatable bonds is 3. The van der Waals surface area contributed by atoms with Crippen LogP contribution in [-0.2, 0) is 4.79 Å². The molecule has 1 unspecified atom stereocenters. The zero-order valence-corrected chi connectivity index (χ0v) is 20.6. The molecule has 1 N–H and O–H groups in total. The van der Waals surface area contributed by atoms with Crippen molar-refractivity contribution in [1.29, 1.82) is 0 Å². The van der Waals surface area contributed by atoms with Crippen LogP contribution in [0.1, 0.15) is 13.8 Å². The van der Waals surface area contributed by atoms with Crippen LogP contribution in [0.4, 0.5) is 0 Å². The highest BCUT2D eigenvalue weighted by molar-refractivity contribution is 5.94. The number of quaternary nitrogens is 1. The Morgan fingerprint density at radius 3 is 1.43 bits per heavy atom. The molecule has 1 amide bonds. The van der Waals surface area contributed by atoms with Gasteiger partial charge in [0.2, 0.25) is 0 Å². The van der Waals surface area contributed by atoms with Gasteiger partial charge in [0, 0.05) is 48.4 Å². The fraction of sp³-hybridized carbons (Fsp3) is 0.212. The molecule has 37 heavy (non-hydrogen) atoms. The molecule has 0 aromatic carbocycles. The maximum Gasteiger partial charge on any atom is 0.297 e. The van der Waals surface area contributed by atoms with E-state index in [9.17, 15) is 4.79 Å². The van der Waals surface area contributed by atoms with Gasteiger partial charge >= 0.3 is 0 Å². The second-order valence-corrected chi connectivity index (χ2v) is 6.65. The first-order chi connectivity index (χ1) is 18.1. The van der Waals surface area contributed by atoms with E-state index in [1.54, 1.807) is 6.92 Å². The number of amidine groups is 1. The first kappa shape index (κ1) is 28.9. The summed E-state index contributed by atoms with van der Waals surface area (Å²) < 4.78 is 0.741. The highest BCUT2D eigenvalue weighted by atomic mass is 16.1. The summed E-state index contributed by atoms with van der Waals surface area (Å²) in [4.78, 5) is 16.1. The molecule has 1 aliphatic heterocycles. The Bertz CT molecular complexity index is 1720. The minimum Gasteiger partial charge on any atom is -0.340 e. The molecular formula is C33H18N3O+. The van der Waals surface area contributed by atoms with Gasteiger partial charge in [-0.15, -0.1) is 0 Å². The number of carbonyl (C=O) groups excluding carboxylic acids is 1. The smallest absolute Gasteiger partial charge is 0.297 e. The summed E-state index contributed by atoms with van der Waals surface area (Å²) in [5.74, 6) is 60.9. The second kappa shape index (κ2) is 19.3. The van der Waals surface area contributed by atoms with Crippen molar-refractivity contribution in [3.8, 4) is 142 Å². The van der Waals surface area contributed by atoms with E-state index in [2.05, 4.69) is 159 Å². The van der Waals surface area contributed by atoms with Crippen molar-refractivity contribution < 1.29 is 9.28 Å². The number of nitrogens with zero attached hydrogens (tertiary/aromatic N) is 2. The summed E-state index contributed by atoms with van der Waals surface area (Å²) in [6.07, 6.45) is 0. The molecule has 0 radical (unpaired) electrons. The number of nitrogens with one attached hydrogen (secondary N) is 1. The molecule has 0 aliphatic carbocycles. The average Bonchev–Trinajstić information content (AvgIpc) is 3.22. The molecule has 1 heterocycles. The topological polar surface area (TPSA) is 41.5 Å². The van der Waals surface area contributed by atoms with Crippen LogP contribution < -0.4 is 5.32 Å². The number of aliphatic imine (C=N–C) groups is 1. The van der Waals surface area contributed by atoms with E-state index in [4.69, 9.17) is 0 Å². The van der Waals surface area contributed by atoms with Crippen LogP contribution in [-0.4, -0.2) is 49.5 Å². The average molecular weight is 473 g/mol. The van der Waals surface area contributed by atoms with Gasteiger partial charge in [-0.1, -0.05) is 5.92 Å². The van der Waals surface area contributed by atoms with Gasteiger partial charge in [0.05, 0.1) is 20.1 Å². The number of hydrogen-bond acceptors (Lipinski definition) is 2. The van der Waals surface area contributed by atoms with Crippen LogP contribution in [0.3, 0.4) is 0 Å². The van der Waals surface area contributed by atoms with Gasteiger partial charge in [-0.05, 0) is 102 Å². The van der Waals surface area contributed by atoms with Crippen molar-refractivity contribution >= 4 is 11.7 Å². The molecule has 0 fully saturated rings. The van der Waals surface area contributed by atoms with E-state index in [-0.39, 0.29) is 5.91 Å². The van der Waals surface area contributed by atoms with Crippen LogP contribution in [0.5, 0.6) is 0 Å². The molecule has 170 valence electrons. The van der Waals surface area contributed by atoms with Gasteiger partial charge in [0.1, 0.15) is 13.1 Å². The van der Waals surface area contributed by atoms with Crippen LogP contribution in [0.25, 0.3) is 0 Å². The van der Waals surface area contributed by atoms with Crippen molar-refractivity contribution in [3.05, 3.63) is 0 Å².